The Morgan fingerprint density at radius 3 is 2.83 bits per heavy atom. The van der Waals surface area contributed by atoms with E-state index in [9.17, 15) is 0 Å². The van der Waals surface area contributed by atoms with Crippen LogP contribution in [0.5, 0.6) is 0 Å². The molecule has 3 N–H and O–H groups in total. The number of fused-ring (bicyclic) bond motifs is 1. The second-order valence-corrected chi connectivity index (χ2v) is 5.93. The molecule has 1 aliphatic carbocycles. The smallest absolute Gasteiger partial charge is 0.191 e. The molecular formula is C17H26IN5. The Morgan fingerprint density at radius 2 is 2.09 bits per heavy atom. The van der Waals surface area contributed by atoms with Gasteiger partial charge in [-0.2, -0.15) is 0 Å². The molecule has 23 heavy (non-hydrogen) atoms. The first-order valence-corrected chi connectivity index (χ1v) is 8.26. The van der Waals surface area contributed by atoms with E-state index in [1.165, 1.54) is 25.7 Å². The molecule has 126 valence electrons. The molecule has 5 nitrogen and oxygen atoms in total. The summed E-state index contributed by atoms with van der Waals surface area (Å²) in [6.45, 7) is 0.906. The molecule has 0 radical (unpaired) electrons. The number of aryl methyl sites for hydroxylation is 1. The molecule has 3 rings (SSSR count). The van der Waals surface area contributed by atoms with Crippen molar-refractivity contribution >= 4 is 41.0 Å². The number of nitrogens with zero attached hydrogens (tertiary/aromatic N) is 2. The molecule has 1 heterocycles. The fourth-order valence-electron chi connectivity index (χ4n) is 3.04. The van der Waals surface area contributed by atoms with Gasteiger partial charge in [-0.3, -0.25) is 4.99 Å². The summed E-state index contributed by atoms with van der Waals surface area (Å²) in [4.78, 5) is 12.3. The summed E-state index contributed by atoms with van der Waals surface area (Å²) in [5.41, 5.74) is 2.16. The Hall–Kier alpha value is -1.31. The SMILES string of the molecule is CN=C(NCCCc1nc2ccccc2[nH]1)NC1CCCC1.I. The van der Waals surface area contributed by atoms with Gasteiger partial charge in [-0.25, -0.2) is 4.98 Å². The van der Waals surface area contributed by atoms with E-state index in [-0.39, 0.29) is 24.0 Å². The van der Waals surface area contributed by atoms with Gasteiger partial charge in [0.2, 0.25) is 0 Å². The Morgan fingerprint density at radius 1 is 1.30 bits per heavy atom. The number of benzene rings is 1. The highest BCUT2D eigenvalue weighted by Gasteiger charge is 2.15. The first-order chi connectivity index (χ1) is 10.8. The highest BCUT2D eigenvalue weighted by atomic mass is 127. The van der Waals surface area contributed by atoms with Gasteiger partial charge in [-0.1, -0.05) is 25.0 Å². The molecule has 1 fully saturated rings. The van der Waals surface area contributed by atoms with Crippen molar-refractivity contribution in [1.82, 2.24) is 20.6 Å². The molecule has 0 amide bonds. The summed E-state index contributed by atoms with van der Waals surface area (Å²) in [5, 5.41) is 6.90. The molecular weight excluding hydrogens is 401 g/mol. The van der Waals surface area contributed by atoms with Crippen LogP contribution in [-0.2, 0) is 6.42 Å². The number of hydrogen-bond acceptors (Lipinski definition) is 2. The fourth-order valence-corrected chi connectivity index (χ4v) is 3.04. The number of aromatic amines is 1. The minimum Gasteiger partial charge on any atom is -0.356 e. The first kappa shape index (κ1) is 18.0. The predicted octanol–water partition coefficient (Wildman–Crippen LogP) is 3.22. The zero-order valence-corrected chi connectivity index (χ0v) is 16.0. The Kier molecular flexibility index (Phi) is 7.14. The summed E-state index contributed by atoms with van der Waals surface area (Å²) >= 11 is 0. The van der Waals surface area contributed by atoms with Gasteiger partial charge >= 0.3 is 0 Å². The number of para-hydroxylation sites is 2. The molecule has 1 saturated carbocycles. The lowest BCUT2D eigenvalue weighted by atomic mass is 10.2. The minimum absolute atomic E-state index is 0. The zero-order valence-electron chi connectivity index (χ0n) is 13.6. The highest BCUT2D eigenvalue weighted by Crippen LogP contribution is 2.17. The number of halogens is 1. The Bertz CT molecular complexity index is 598. The van der Waals surface area contributed by atoms with Crippen LogP contribution >= 0.6 is 24.0 Å². The van der Waals surface area contributed by atoms with Gasteiger partial charge in [0.05, 0.1) is 11.0 Å². The van der Waals surface area contributed by atoms with Crippen LogP contribution < -0.4 is 10.6 Å². The van der Waals surface area contributed by atoms with E-state index in [0.29, 0.717) is 6.04 Å². The van der Waals surface area contributed by atoms with Crippen molar-refractivity contribution < 1.29 is 0 Å². The third-order valence-electron chi connectivity index (χ3n) is 4.24. The summed E-state index contributed by atoms with van der Waals surface area (Å²) in [5.74, 6) is 1.98. The van der Waals surface area contributed by atoms with E-state index in [4.69, 9.17) is 0 Å². The maximum Gasteiger partial charge on any atom is 0.191 e. The highest BCUT2D eigenvalue weighted by molar-refractivity contribution is 14.0. The summed E-state index contributed by atoms with van der Waals surface area (Å²) in [7, 11) is 1.84. The van der Waals surface area contributed by atoms with Gasteiger partial charge in [0.25, 0.3) is 0 Å². The van der Waals surface area contributed by atoms with Crippen LogP contribution in [0.4, 0.5) is 0 Å². The number of aromatic nitrogens is 2. The van der Waals surface area contributed by atoms with Gasteiger partial charge in [-0.15, -0.1) is 24.0 Å². The van der Waals surface area contributed by atoms with Crippen LogP contribution in [0, 0.1) is 0 Å². The number of aliphatic imine (C=N–C) groups is 1. The summed E-state index contributed by atoms with van der Waals surface area (Å²) < 4.78 is 0. The first-order valence-electron chi connectivity index (χ1n) is 8.26. The van der Waals surface area contributed by atoms with Crippen molar-refractivity contribution in [3.05, 3.63) is 30.1 Å². The topological polar surface area (TPSA) is 65.1 Å². The molecule has 1 aliphatic rings. The van der Waals surface area contributed by atoms with Crippen molar-refractivity contribution in [3.8, 4) is 0 Å². The van der Waals surface area contributed by atoms with Crippen molar-refractivity contribution in [2.45, 2.75) is 44.6 Å². The zero-order chi connectivity index (χ0) is 15.2. The third-order valence-corrected chi connectivity index (χ3v) is 4.24. The molecule has 2 aromatic rings. The van der Waals surface area contributed by atoms with Crippen molar-refractivity contribution in [3.63, 3.8) is 0 Å². The van der Waals surface area contributed by atoms with Gasteiger partial charge in [0, 0.05) is 26.1 Å². The van der Waals surface area contributed by atoms with E-state index in [1.54, 1.807) is 0 Å². The minimum atomic E-state index is 0. The van der Waals surface area contributed by atoms with E-state index >= 15 is 0 Å². The van der Waals surface area contributed by atoms with Gasteiger partial charge in [0.15, 0.2) is 5.96 Å². The Balaban J connectivity index is 0.00000192. The molecule has 1 aromatic carbocycles. The molecule has 0 spiro atoms. The number of hydrogen-bond donors (Lipinski definition) is 3. The van der Waals surface area contributed by atoms with Crippen LogP contribution in [0.3, 0.4) is 0 Å². The number of H-pyrrole nitrogens is 1. The molecule has 1 aromatic heterocycles. The van der Waals surface area contributed by atoms with E-state index < -0.39 is 0 Å². The van der Waals surface area contributed by atoms with Gasteiger partial charge < -0.3 is 15.6 Å². The second kappa shape index (κ2) is 9.10. The normalized spacial score (nSPS) is 15.6. The number of guanidine groups is 1. The van der Waals surface area contributed by atoms with Crippen LogP contribution in [0.25, 0.3) is 11.0 Å². The molecule has 0 saturated heterocycles. The monoisotopic (exact) mass is 427 g/mol. The molecule has 0 bridgehead atoms. The summed E-state index contributed by atoms with van der Waals surface area (Å²) in [6.07, 6.45) is 7.17. The van der Waals surface area contributed by atoms with Crippen LogP contribution in [-0.4, -0.2) is 35.6 Å². The van der Waals surface area contributed by atoms with Crippen molar-refractivity contribution in [2.24, 2.45) is 4.99 Å². The standard InChI is InChI=1S/C17H25N5.HI/c1-18-17(20-13-7-2-3-8-13)19-12-6-11-16-21-14-9-4-5-10-15(14)22-16;/h4-5,9-10,13H,2-3,6-8,11-12H2,1H3,(H,21,22)(H2,18,19,20);1H. The fraction of sp³-hybridized carbons (Fsp3) is 0.529. The number of nitrogens with one attached hydrogen (secondary N) is 3. The largest absolute Gasteiger partial charge is 0.356 e. The maximum atomic E-state index is 4.60. The van der Waals surface area contributed by atoms with Gasteiger partial charge in [0.1, 0.15) is 5.82 Å². The third kappa shape index (κ3) is 5.09. The average Bonchev–Trinajstić information content (AvgIpc) is 3.19. The quantitative estimate of drug-likeness (QED) is 0.297. The lowest BCUT2D eigenvalue weighted by molar-refractivity contribution is 0.609. The molecule has 0 aliphatic heterocycles. The van der Waals surface area contributed by atoms with Crippen molar-refractivity contribution in [2.75, 3.05) is 13.6 Å². The lowest BCUT2D eigenvalue weighted by Gasteiger charge is -2.16. The molecule has 0 unspecified atom stereocenters. The van der Waals surface area contributed by atoms with E-state index in [2.05, 4.69) is 31.7 Å². The van der Waals surface area contributed by atoms with Crippen LogP contribution in [0.1, 0.15) is 37.9 Å². The Labute approximate surface area is 154 Å². The van der Waals surface area contributed by atoms with E-state index in [1.807, 2.05) is 25.2 Å². The predicted molar refractivity (Wildman–Crippen MR) is 107 cm³/mol. The van der Waals surface area contributed by atoms with Crippen molar-refractivity contribution in [1.29, 1.82) is 0 Å². The second-order valence-electron chi connectivity index (χ2n) is 5.93. The summed E-state index contributed by atoms with van der Waals surface area (Å²) in [6, 6.07) is 8.76. The van der Waals surface area contributed by atoms with Crippen LogP contribution in [0.2, 0.25) is 0 Å². The van der Waals surface area contributed by atoms with Crippen LogP contribution in [0.15, 0.2) is 29.3 Å². The van der Waals surface area contributed by atoms with E-state index in [0.717, 1.165) is 42.2 Å². The maximum absolute atomic E-state index is 4.60. The molecule has 6 heteroatoms. The molecule has 0 atom stereocenters. The number of rotatable bonds is 5. The lowest BCUT2D eigenvalue weighted by Crippen LogP contribution is -2.42. The van der Waals surface area contributed by atoms with Gasteiger partial charge in [-0.05, 0) is 31.4 Å². The average molecular weight is 427 g/mol. The number of imidazole rings is 1.